The van der Waals surface area contributed by atoms with Crippen LogP contribution in [0.25, 0.3) is 5.69 Å². The van der Waals surface area contributed by atoms with Crippen LogP contribution in [0.4, 0.5) is 0 Å². The predicted octanol–water partition coefficient (Wildman–Crippen LogP) is 3.67. The predicted molar refractivity (Wildman–Crippen MR) is 65.6 cm³/mol. The third-order valence-electron chi connectivity index (χ3n) is 2.93. The zero-order valence-corrected chi connectivity index (χ0v) is 10.1. The lowest BCUT2D eigenvalue weighted by Gasteiger charge is -2.07. The highest BCUT2D eigenvalue weighted by Crippen LogP contribution is 2.29. The van der Waals surface area contributed by atoms with Crippen molar-refractivity contribution in [1.29, 1.82) is 0 Å². The van der Waals surface area contributed by atoms with Crippen molar-refractivity contribution in [2.45, 2.75) is 19.3 Å². The van der Waals surface area contributed by atoms with Crippen molar-refractivity contribution in [1.82, 2.24) is 9.55 Å². The van der Waals surface area contributed by atoms with Crippen LogP contribution >= 0.6 is 23.2 Å². The number of aryl methyl sites for hydroxylation is 1. The van der Waals surface area contributed by atoms with Gasteiger partial charge in [-0.3, -0.25) is 4.57 Å². The average molecular weight is 253 g/mol. The molecular formula is C12H10Cl2N2. The topological polar surface area (TPSA) is 17.8 Å². The Morgan fingerprint density at radius 2 is 1.81 bits per heavy atom. The summed E-state index contributed by atoms with van der Waals surface area (Å²) in [6.45, 7) is 0. The molecule has 1 aliphatic carbocycles. The number of halogens is 2. The smallest absolute Gasteiger partial charge is 0.207 e. The Balaban J connectivity index is 2.16. The first kappa shape index (κ1) is 10.2. The zero-order chi connectivity index (χ0) is 11.1. The van der Waals surface area contributed by atoms with E-state index in [9.17, 15) is 0 Å². The molecule has 3 rings (SSSR count). The van der Waals surface area contributed by atoms with E-state index < -0.39 is 0 Å². The van der Waals surface area contributed by atoms with E-state index in [1.54, 1.807) is 0 Å². The Labute approximate surface area is 104 Å². The minimum Gasteiger partial charge on any atom is -0.287 e. The molecule has 1 aromatic carbocycles. The summed E-state index contributed by atoms with van der Waals surface area (Å²) in [5.74, 6) is 0. The number of fused-ring (bicyclic) bond motifs is 1. The van der Waals surface area contributed by atoms with Gasteiger partial charge in [-0.1, -0.05) is 11.6 Å². The van der Waals surface area contributed by atoms with Gasteiger partial charge in [0.25, 0.3) is 0 Å². The third kappa shape index (κ3) is 1.53. The highest BCUT2D eigenvalue weighted by Gasteiger charge is 2.21. The summed E-state index contributed by atoms with van der Waals surface area (Å²) >= 11 is 12.0. The number of rotatable bonds is 1. The van der Waals surface area contributed by atoms with Crippen molar-refractivity contribution in [3.63, 3.8) is 0 Å². The van der Waals surface area contributed by atoms with Crippen LogP contribution in [-0.2, 0) is 12.8 Å². The van der Waals surface area contributed by atoms with Gasteiger partial charge in [-0.25, -0.2) is 4.98 Å². The lowest BCUT2D eigenvalue weighted by molar-refractivity contribution is 0.845. The van der Waals surface area contributed by atoms with E-state index in [-0.39, 0.29) is 0 Å². The molecule has 1 aromatic heterocycles. The fraction of sp³-hybridized carbons (Fsp3) is 0.250. The van der Waals surface area contributed by atoms with Crippen molar-refractivity contribution >= 4 is 23.2 Å². The van der Waals surface area contributed by atoms with E-state index >= 15 is 0 Å². The Bertz CT molecular complexity index is 529. The van der Waals surface area contributed by atoms with Gasteiger partial charge in [-0.2, -0.15) is 0 Å². The molecule has 0 radical (unpaired) electrons. The highest BCUT2D eigenvalue weighted by atomic mass is 35.5. The molecule has 0 amide bonds. The number of benzene rings is 1. The van der Waals surface area contributed by atoms with E-state index in [0.717, 1.165) is 29.2 Å². The monoisotopic (exact) mass is 252 g/mol. The molecule has 0 atom stereocenters. The summed E-state index contributed by atoms with van der Waals surface area (Å²) in [6, 6.07) is 7.67. The van der Waals surface area contributed by atoms with Gasteiger partial charge in [0, 0.05) is 16.4 Å². The second kappa shape index (κ2) is 3.79. The van der Waals surface area contributed by atoms with Crippen LogP contribution in [0, 0.1) is 0 Å². The average Bonchev–Trinajstić information content (AvgIpc) is 2.79. The molecule has 16 heavy (non-hydrogen) atoms. The number of hydrogen-bond acceptors (Lipinski definition) is 1. The number of nitrogens with zero attached hydrogens (tertiary/aromatic N) is 2. The standard InChI is InChI=1S/C12H10Cl2N2/c13-8-4-6-9(7-5-8)16-11-3-1-2-10(11)15-12(16)14/h4-7H,1-3H2. The Hall–Kier alpha value is -0.990. The number of aromatic nitrogens is 2. The first-order valence-electron chi connectivity index (χ1n) is 5.27. The molecule has 0 saturated carbocycles. The Morgan fingerprint density at radius 3 is 2.56 bits per heavy atom. The van der Waals surface area contributed by atoms with E-state index in [1.807, 2.05) is 28.8 Å². The summed E-state index contributed by atoms with van der Waals surface area (Å²) in [5.41, 5.74) is 3.41. The lowest BCUT2D eigenvalue weighted by Crippen LogP contribution is -1.98. The van der Waals surface area contributed by atoms with Crippen molar-refractivity contribution in [3.05, 3.63) is 46.0 Å². The molecule has 0 saturated heterocycles. The van der Waals surface area contributed by atoms with Crippen molar-refractivity contribution < 1.29 is 0 Å². The quantitative estimate of drug-likeness (QED) is 0.758. The van der Waals surface area contributed by atoms with Crippen LogP contribution < -0.4 is 0 Å². The van der Waals surface area contributed by atoms with Crippen LogP contribution in [-0.4, -0.2) is 9.55 Å². The SMILES string of the molecule is Clc1ccc(-n2c(Cl)nc3c2CCC3)cc1. The molecule has 2 nitrogen and oxygen atoms in total. The molecule has 4 heteroatoms. The van der Waals surface area contributed by atoms with Crippen LogP contribution in [0.5, 0.6) is 0 Å². The first-order chi connectivity index (χ1) is 7.75. The molecule has 1 heterocycles. The minimum absolute atomic E-state index is 0.548. The largest absolute Gasteiger partial charge is 0.287 e. The maximum Gasteiger partial charge on any atom is 0.207 e. The molecule has 0 spiro atoms. The van der Waals surface area contributed by atoms with Crippen molar-refractivity contribution in [2.75, 3.05) is 0 Å². The van der Waals surface area contributed by atoms with Crippen LogP contribution in [0.15, 0.2) is 24.3 Å². The molecule has 82 valence electrons. The van der Waals surface area contributed by atoms with Gasteiger partial charge in [0.15, 0.2) is 0 Å². The molecular weight excluding hydrogens is 243 g/mol. The van der Waals surface area contributed by atoms with Crippen LogP contribution in [0.1, 0.15) is 17.8 Å². The van der Waals surface area contributed by atoms with E-state index in [0.29, 0.717) is 5.28 Å². The van der Waals surface area contributed by atoms with Gasteiger partial charge in [0.05, 0.1) is 5.69 Å². The normalized spacial score (nSPS) is 14.1. The van der Waals surface area contributed by atoms with Crippen molar-refractivity contribution in [2.24, 2.45) is 0 Å². The minimum atomic E-state index is 0.548. The molecule has 1 aliphatic rings. The van der Waals surface area contributed by atoms with Crippen LogP contribution in [0.3, 0.4) is 0 Å². The summed E-state index contributed by atoms with van der Waals surface area (Å²) in [4.78, 5) is 4.39. The second-order valence-electron chi connectivity index (χ2n) is 3.94. The number of imidazole rings is 1. The molecule has 0 unspecified atom stereocenters. The molecule has 0 fully saturated rings. The molecule has 2 aromatic rings. The summed E-state index contributed by atoms with van der Waals surface area (Å²) in [6.07, 6.45) is 3.26. The van der Waals surface area contributed by atoms with E-state index in [4.69, 9.17) is 23.2 Å². The number of hydrogen-bond donors (Lipinski definition) is 0. The maximum absolute atomic E-state index is 6.16. The first-order valence-corrected chi connectivity index (χ1v) is 6.03. The molecule has 0 bridgehead atoms. The fourth-order valence-corrected chi connectivity index (χ4v) is 2.63. The van der Waals surface area contributed by atoms with Gasteiger partial charge < -0.3 is 0 Å². The Morgan fingerprint density at radius 1 is 1.06 bits per heavy atom. The summed E-state index contributed by atoms with van der Waals surface area (Å²) in [5, 5.41) is 1.28. The lowest BCUT2D eigenvalue weighted by atomic mass is 10.3. The van der Waals surface area contributed by atoms with Gasteiger partial charge in [-0.05, 0) is 55.1 Å². The van der Waals surface area contributed by atoms with Crippen molar-refractivity contribution in [3.8, 4) is 5.69 Å². The van der Waals surface area contributed by atoms with Crippen LogP contribution in [0.2, 0.25) is 10.3 Å². The molecule has 0 aliphatic heterocycles. The van der Waals surface area contributed by atoms with Gasteiger partial charge in [0.1, 0.15) is 0 Å². The summed E-state index contributed by atoms with van der Waals surface area (Å²) in [7, 11) is 0. The second-order valence-corrected chi connectivity index (χ2v) is 4.71. The zero-order valence-electron chi connectivity index (χ0n) is 8.58. The third-order valence-corrected chi connectivity index (χ3v) is 3.43. The summed E-state index contributed by atoms with van der Waals surface area (Å²) < 4.78 is 2.01. The van der Waals surface area contributed by atoms with Gasteiger partial charge >= 0.3 is 0 Å². The van der Waals surface area contributed by atoms with E-state index in [2.05, 4.69) is 4.98 Å². The van der Waals surface area contributed by atoms with Gasteiger partial charge in [-0.15, -0.1) is 0 Å². The van der Waals surface area contributed by atoms with E-state index in [1.165, 1.54) is 12.1 Å². The fourth-order valence-electron chi connectivity index (χ4n) is 2.20. The Kier molecular flexibility index (Phi) is 2.41. The molecule has 0 N–H and O–H groups in total. The maximum atomic E-state index is 6.16. The van der Waals surface area contributed by atoms with Gasteiger partial charge in [0.2, 0.25) is 5.28 Å². The highest BCUT2D eigenvalue weighted by molar-refractivity contribution is 6.30.